The van der Waals surface area contributed by atoms with Gasteiger partial charge in [0.2, 0.25) is 0 Å². The lowest BCUT2D eigenvalue weighted by Crippen LogP contribution is -2.34. The van der Waals surface area contributed by atoms with Gasteiger partial charge in [-0.15, -0.1) is 11.3 Å². The predicted octanol–water partition coefficient (Wildman–Crippen LogP) is 3.90. The lowest BCUT2D eigenvalue weighted by atomic mass is 10.1. The van der Waals surface area contributed by atoms with Gasteiger partial charge in [0.05, 0.1) is 12.7 Å². The molecule has 0 aliphatic heterocycles. The minimum Gasteiger partial charge on any atom is -0.465 e. The van der Waals surface area contributed by atoms with Crippen LogP contribution in [0.5, 0.6) is 0 Å². The van der Waals surface area contributed by atoms with Crippen molar-refractivity contribution in [3.8, 4) is 10.4 Å². The number of methoxy groups -OCH3 is 1. The summed E-state index contributed by atoms with van der Waals surface area (Å²) in [6.45, 7) is 4.00. The van der Waals surface area contributed by atoms with E-state index in [2.05, 4.69) is 10.6 Å². The number of esters is 1. The van der Waals surface area contributed by atoms with Crippen LogP contribution in [0.15, 0.2) is 36.4 Å². The average molecular weight is 334 g/mol. The van der Waals surface area contributed by atoms with Gasteiger partial charge in [0.1, 0.15) is 5.00 Å². The molecule has 0 amide bonds. The topological polar surface area (TPSA) is 50.4 Å². The molecular formula is C16H18N2O2S2. The highest BCUT2D eigenvalue weighted by Gasteiger charge is 2.18. The van der Waals surface area contributed by atoms with Gasteiger partial charge in [0.25, 0.3) is 0 Å². The van der Waals surface area contributed by atoms with Gasteiger partial charge in [-0.2, -0.15) is 0 Å². The predicted molar refractivity (Wildman–Crippen MR) is 95.6 cm³/mol. The first kappa shape index (κ1) is 16.5. The third kappa shape index (κ3) is 4.05. The van der Waals surface area contributed by atoms with Crippen LogP contribution in [-0.2, 0) is 4.74 Å². The Bertz CT molecular complexity index is 666. The zero-order valence-electron chi connectivity index (χ0n) is 12.7. The van der Waals surface area contributed by atoms with Crippen molar-refractivity contribution >= 4 is 39.6 Å². The Labute approximate surface area is 139 Å². The minimum atomic E-state index is -0.381. The number of anilines is 1. The lowest BCUT2D eigenvalue weighted by Gasteiger charge is -2.12. The van der Waals surface area contributed by atoms with E-state index >= 15 is 0 Å². The highest BCUT2D eigenvalue weighted by molar-refractivity contribution is 7.80. The highest BCUT2D eigenvalue weighted by atomic mass is 32.1. The molecule has 1 aromatic heterocycles. The SMILES string of the molecule is COC(=O)c1cc(-c2ccccc2)sc1NC(=S)NC(C)C. The summed E-state index contributed by atoms with van der Waals surface area (Å²) >= 11 is 6.73. The molecule has 6 heteroatoms. The van der Waals surface area contributed by atoms with E-state index in [1.807, 2.05) is 50.2 Å². The molecule has 0 saturated carbocycles. The van der Waals surface area contributed by atoms with Crippen LogP contribution in [0.2, 0.25) is 0 Å². The van der Waals surface area contributed by atoms with E-state index in [0.717, 1.165) is 10.4 Å². The average Bonchev–Trinajstić information content (AvgIpc) is 2.90. The molecule has 1 aromatic carbocycles. The molecule has 0 aliphatic rings. The zero-order chi connectivity index (χ0) is 16.1. The number of benzene rings is 1. The van der Waals surface area contributed by atoms with Crippen LogP contribution in [-0.4, -0.2) is 24.2 Å². The van der Waals surface area contributed by atoms with Crippen LogP contribution >= 0.6 is 23.6 Å². The summed E-state index contributed by atoms with van der Waals surface area (Å²) < 4.78 is 4.85. The molecule has 22 heavy (non-hydrogen) atoms. The van der Waals surface area contributed by atoms with Gasteiger partial charge < -0.3 is 15.4 Å². The maximum absolute atomic E-state index is 12.0. The number of rotatable bonds is 4. The molecule has 0 bridgehead atoms. The molecule has 116 valence electrons. The second kappa shape index (κ2) is 7.38. The smallest absolute Gasteiger partial charge is 0.340 e. The van der Waals surface area contributed by atoms with Crippen molar-refractivity contribution in [3.63, 3.8) is 0 Å². The van der Waals surface area contributed by atoms with Crippen molar-refractivity contribution in [1.29, 1.82) is 0 Å². The molecule has 2 aromatic rings. The fraction of sp³-hybridized carbons (Fsp3) is 0.250. The monoisotopic (exact) mass is 334 g/mol. The number of ether oxygens (including phenoxy) is 1. The summed E-state index contributed by atoms with van der Waals surface area (Å²) in [4.78, 5) is 12.9. The van der Waals surface area contributed by atoms with Gasteiger partial charge in [-0.25, -0.2) is 4.79 Å². The van der Waals surface area contributed by atoms with E-state index in [9.17, 15) is 4.79 Å². The summed E-state index contributed by atoms with van der Waals surface area (Å²) in [7, 11) is 1.37. The molecule has 2 rings (SSSR count). The number of nitrogens with one attached hydrogen (secondary N) is 2. The number of thiophene rings is 1. The van der Waals surface area contributed by atoms with Crippen LogP contribution in [0.3, 0.4) is 0 Å². The molecule has 0 saturated heterocycles. The van der Waals surface area contributed by atoms with E-state index < -0.39 is 0 Å². The second-order valence-electron chi connectivity index (χ2n) is 4.96. The molecule has 0 radical (unpaired) electrons. The molecule has 0 fully saturated rings. The van der Waals surface area contributed by atoms with Crippen LogP contribution in [0.25, 0.3) is 10.4 Å². The number of hydrogen-bond acceptors (Lipinski definition) is 4. The summed E-state index contributed by atoms with van der Waals surface area (Å²) in [5.74, 6) is -0.381. The van der Waals surface area contributed by atoms with Crippen molar-refractivity contribution in [2.75, 3.05) is 12.4 Å². The normalized spacial score (nSPS) is 10.4. The molecule has 2 N–H and O–H groups in total. The van der Waals surface area contributed by atoms with Crippen LogP contribution in [0, 0.1) is 0 Å². The van der Waals surface area contributed by atoms with Crippen molar-refractivity contribution < 1.29 is 9.53 Å². The maximum atomic E-state index is 12.0. The Morgan fingerprint density at radius 3 is 2.55 bits per heavy atom. The van der Waals surface area contributed by atoms with Crippen LogP contribution in [0.4, 0.5) is 5.00 Å². The Morgan fingerprint density at radius 1 is 1.27 bits per heavy atom. The molecular weight excluding hydrogens is 316 g/mol. The summed E-state index contributed by atoms with van der Waals surface area (Å²) in [5.41, 5.74) is 1.53. The molecule has 0 aliphatic carbocycles. The van der Waals surface area contributed by atoms with Gasteiger partial charge >= 0.3 is 5.97 Å². The molecule has 0 spiro atoms. The Balaban J connectivity index is 2.33. The first-order valence-electron chi connectivity index (χ1n) is 6.86. The Hall–Kier alpha value is -1.92. The molecule has 0 unspecified atom stereocenters. The Kier molecular flexibility index (Phi) is 5.51. The van der Waals surface area contributed by atoms with E-state index in [4.69, 9.17) is 17.0 Å². The third-order valence-electron chi connectivity index (χ3n) is 2.84. The minimum absolute atomic E-state index is 0.218. The number of carbonyl (C=O) groups is 1. The van der Waals surface area contributed by atoms with Gasteiger partial charge in [0.15, 0.2) is 5.11 Å². The van der Waals surface area contributed by atoms with Crippen molar-refractivity contribution in [2.24, 2.45) is 0 Å². The molecule has 1 heterocycles. The summed E-state index contributed by atoms with van der Waals surface area (Å²) in [6, 6.07) is 11.9. The number of hydrogen-bond donors (Lipinski definition) is 2. The van der Waals surface area contributed by atoms with Gasteiger partial charge in [-0.1, -0.05) is 30.3 Å². The van der Waals surface area contributed by atoms with Gasteiger partial charge in [0, 0.05) is 10.9 Å². The first-order valence-corrected chi connectivity index (χ1v) is 8.09. The largest absolute Gasteiger partial charge is 0.465 e. The van der Waals surface area contributed by atoms with Crippen molar-refractivity contribution in [1.82, 2.24) is 5.32 Å². The third-order valence-corrected chi connectivity index (χ3v) is 4.16. The summed E-state index contributed by atoms with van der Waals surface area (Å²) in [5, 5.41) is 7.36. The van der Waals surface area contributed by atoms with Gasteiger partial charge in [-0.05, 0) is 37.7 Å². The summed E-state index contributed by atoms with van der Waals surface area (Å²) in [6.07, 6.45) is 0. The second-order valence-corrected chi connectivity index (χ2v) is 6.42. The maximum Gasteiger partial charge on any atom is 0.340 e. The van der Waals surface area contributed by atoms with Gasteiger partial charge in [-0.3, -0.25) is 0 Å². The van der Waals surface area contributed by atoms with E-state index in [0.29, 0.717) is 15.7 Å². The molecule has 0 atom stereocenters. The lowest BCUT2D eigenvalue weighted by molar-refractivity contribution is 0.0602. The zero-order valence-corrected chi connectivity index (χ0v) is 14.3. The van der Waals surface area contributed by atoms with Crippen LogP contribution in [0.1, 0.15) is 24.2 Å². The standard InChI is InChI=1S/C16H18N2O2S2/c1-10(2)17-16(21)18-14-12(15(19)20-3)9-13(22-14)11-7-5-4-6-8-11/h4-10H,1-3H3,(H2,17,18,21). The quantitative estimate of drug-likeness (QED) is 0.656. The Morgan fingerprint density at radius 2 is 1.95 bits per heavy atom. The molecule has 4 nitrogen and oxygen atoms in total. The van der Waals surface area contributed by atoms with E-state index in [-0.39, 0.29) is 12.0 Å². The number of thiocarbonyl (C=S) groups is 1. The van der Waals surface area contributed by atoms with E-state index in [1.165, 1.54) is 18.4 Å². The fourth-order valence-electron chi connectivity index (χ4n) is 1.89. The first-order chi connectivity index (χ1) is 10.5. The van der Waals surface area contributed by atoms with Crippen LogP contribution < -0.4 is 10.6 Å². The van der Waals surface area contributed by atoms with Crippen molar-refractivity contribution in [3.05, 3.63) is 42.0 Å². The highest BCUT2D eigenvalue weighted by Crippen LogP contribution is 2.35. The van der Waals surface area contributed by atoms with E-state index in [1.54, 1.807) is 0 Å². The number of carbonyl (C=O) groups excluding carboxylic acids is 1. The fourth-order valence-corrected chi connectivity index (χ4v) is 3.35. The van der Waals surface area contributed by atoms with Crippen molar-refractivity contribution in [2.45, 2.75) is 19.9 Å².